The Hall–Kier alpha value is -2.02. The smallest absolute Gasteiger partial charge is 0.262 e. The summed E-state index contributed by atoms with van der Waals surface area (Å²) in [6.07, 6.45) is 2.92. The van der Waals surface area contributed by atoms with Crippen molar-refractivity contribution in [2.45, 2.75) is 38.8 Å². The van der Waals surface area contributed by atoms with Crippen molar-refractivity contribution < 1.29 is 0 Å². The first-order valence-corrected chi connectivity index (χ1v) is 11.1. The number of aryl methyl sites for hydroxylation is 1. The van der Waals surface area contributed by atoms with E-state index in [1.807, 2.05) is 22.1 Å². The van der Waals surface area contributed by atoms with Crippen LogP contribution >= 0.6 is 11.3 Å². The standard InChI is InChI=1S/C22H28N4OS/c1-2-19(25-13-6-11-23-12-15-25)20-24-21-18(10-16-28-21)22(27)26(20)14-9-17-7-4-3-5-8-17/h3-5,7-8,10,16,19,23H,2,6,9,11-15H2,1H3. The molecule has 5 nitrogen and oxygen atoms in total. The fraction of sp³-hybridized carbons (Fsp3) is 0.455. The molecule has 0 aliphatic carbocycles. The number of rotatable bonds is 6. The first-order valence-electron chi connectivity index (χ1n) is 10.2. The van der Waals surface area contributed by atoms with Gasteiger partial charge in [-0.25, -0.2) is 4.98 Å². The minimum atomic E-state index is 0.101. The molecular weight excluding hydrogens is 368 g/mol. The Morgan fingerprint density at radius 3 is 2.86 bits per heavy atom. The maximum absolute atomic E-state index is 13.3. The number of thiophene rings is 1. The lowest BCUT2D eigenvalue weighted by Crippen LogP contribution is -2.37. The van der Waals surface area contributed by atoms with Crippen molar-refractivity contribution in [1.82, 2.24) is 19.8 Å². The molecular formula is C22H28N4OS. The first kappa shape index (κ1) is 19.3. The van der Waals surface area contributed by atoms with Crippen molar-refractivity contribution in [3.05, 3.63) is 63.5 Å². The summed E-state index contributed by atoms with van der Waals surface area (Å²) in [4.78, 5) is 21.7. The lowest BCUT2D eigenvalue weighted by atomic mass is 10.1. The van der Waals surface area contributed by atoms with E-state index in [0.29, 0.717) is 6.54 Å². The summed E-state index contributed by atoms with van der Waals surface area (Å²) in [5.74, 6) is 0.931. The van der Waals surface area contributed by atoms with Gasteiger partial charge in [0.05, 0.1) is 11.4 Å². The molecule has 0 saturated carbocycles. The summed E-state index contributed by atoms with van der Waals surface area (Å²) in [5.41, 5.74) is 1.35. The largest absolute Gasteiger partial charge is 0.315 e. The predicted octanol–water partition coefficient (Wildman–Crippen LogP) is 3.45. The Morgan fingerprint density at radius 1 is 1.18 bits per heavy atom. The molecule has 1 aliphatic rings. The summed E-state index contributed by atoms with van der Waals surface area (Å²) < 4.78 is 1.94. The molecule has 4 rings (SSSR count). The Balaban J connectivity index is 1.73. The van der Waals surface area contributed by atoms with Gasteiger partial charge < -0.3 is 5.32 Å². The average Bonchev–Trinajstić information content (AvgIpc) is 3.04. The number of hydrogen-bond donors (Lipinski definition) is 1. The van der Waals surface area contributed by atoms with Gasteiger partial charge in [-0.15, -0.1) is 11.3 Å². The van der Waals surface area contributed by atoms with Crippen LogP contribution < -0.4 is 10.9 Å². The van der Waals surface area contributed by atoms with Gasteiger partial charge in [0.25, 0.3) is 5.56 Å². The van der Waals surface area contributed by atoms with Crippen molar-refractivity contribution in [1.29, 1.82) is 0 Å². The van der Waals surface area contributed by atoms with E-state index < -0.39 is 0 Å². The molecule has 0 bridgehead atoms. The maximum atomic E-state index is 13.3. The van der Waals surface area contributed by atoms with E-state index in [4.69, 9.17) is 4.98 Å². The number of benzene rings is 1. The van der Waals surface area contributed by atoms with Crippen LogP contribution in [0.15, 0.2) is 46.6 Å². The lowest BCUT2D eigenvalue weighted by molar-refractivity contribution is 0.191. The molecule has 0 amide bonds. The van der Waals surface area contributed by atoms with Crippen LogP contribution in [0.5, 0.6) is 0 Å². The highest BCUT2D eigenvalue weighted by Crippen LogP contribution is 2.26. The van der Waals surface area contributed by atoms with Gasteiger partial charge in [0.15, 0.2) is 0 Å². The molecule has 1 aliphatic heterocycles. The molecule has 0 radical (unpaired) electrons. The van der Waals surface area contributed by atoms with Gasteiger partial charge in [0, 0.05) is 26.2 Å². The molecule has 148 valence electrons. The van der Waals surface area contributed by atoms with Crippen molar-refractivity contribution in [3.63, 3.8) is 0 Å². The zero-order chi connectivity index (χ0) is 19.3. The molecule has 3 heterocycles. The molecule has 0 spiro atoms. The van der Waals surface area contributed by atoms with Gasteiger partial charge in [-0.3, -0.25) is 14.3 Å². The fourth-order valence-corrected chi connectivity index (χ4v) is 4.86. The Labute approximate surface area is 170 Å². The van der Waals surface area contributed by atoms with E-state index in [-0.39, 0.29) is 11.6 Å². The zero-order valence-corrected chi connectivity index (χ0v) is 17.3. The third-order valence-electron chi connectivity index (χ3n) is 5.58. The number of aromatic nitrogens is 2. The third kappa shape index (κ3) is 4.04. The quantitative estimate of drug-likeness (QED) is 0.693. The third-order valence-corrected chi connectivity index (χ3v) is 6.39. The molecule has 3 aromatic rings. The average molecular weight is 397 g/mol. The highest BCUT2D eigenvalue weighted by atomic mass is 32.1. The predicted molar refractivity (Wildman–Crippen MR) is 116 cm³/mol. The van der Waals surface area contributed by atoms with Crippen molar-refractivity contribution >= 4 is 21.6 Å². The van der Waals surface area contributed by atoms with Crippen LogP contribution in [0, 0.1) is 0 Å². The lowest BCUT2D eigenvalue weighted by Gasteiger charge is -2.30. The summed E-state index contributed by atoms with van der Waals surface area (Å²) in [5, 5.41) is 6.20. The molecule has 1 atom stereocenters. The van der Waals surface area contributed by atoms with Crippen LogP contribution in [0.4, 0.5) is 0 Å². The van der Waals surface area contributed by atoms with Gasteiger partial charge in [-0.1, -0.05) is 37.3 Å². The van der Waals surface area contributed by atoms with Crippen LogP contribution in [-0.2, 0) is 13.0 Å². The van der Waals surface area contributed by atoms with E-state index in [1.54, 1.807) is 11.3 Å². The number of fused-ring (bicyclic) bond motifs is 1. The Morgan fingerprint density at radius 2 is 2.04 bits per heavy atom. The van der Waals surface area contributed by atoms with Crippen LogP contribution in [0.25, 0.3) is 10.2 Å². The van der Waals surface area contributed by atoms with Gasteiger partial charge >= 0.3 is 0 Å². The number of hydrogen-bond acceptors (Lipinski definition) is 5. The SMILES string of the molecule is CCC(c1nc2sccc2c(=O)n1CCc1ccccc1)N1CCCNCC1. The molecule has 1 fully saturated rings. The topological polar surface area (TPSA) is 50.2 Å². The highest BCUT2D eigenvalue weighted by molar-refractivity contribution is 7.16. The van der Waals surface area contributed by atoms with Crippen molar-refractivity contribution in [2.75, 3.05) is 26.2 Å². The number of nitrogens with zero attached hydrogens (tertiary/aromatic N) is 3. The Bertz CT molecular complexity index is 958. The monoisotopic (exact) mass is 396 g/mol. The first-order chi connectivity index (χ1) is 13.8. The molecule has 1 aromatic carbocycles. The highest BCUT2D eigenvalue weighted by Gasteiger charge is 2.25. The molecule has 1 unspecified atom stereocenters. The van der Waals surface area contributed by atoms with E-state index in [2.05, 4.69) is 41.4 Å². The molecule has 1 N–H and O–H groups in total. The zero-order valence-electron chi connectivity index (χ0n) is 16.4. The molecule has 28 heavy (non-hydrogen) atoms. The Kier molecular flexibility index (Phi) is 6.20. The summed E-state index contributed by atoms with van der Waals surface area (Å²) in [6.45, 7) is 6.96. The summed E-state index contributed by atoms with van der Waals surface area (Å²) in [6, 6.07) is 12.5. The second-order valence-electron chi connectivity index (χ2n) is 7.37. The van der Waals surface area contributed by atoms with Crippen LogP contribution in [0.3, 0.4) is 0 Å². The summed E-state index contributed by atoms with van der Waals surface area (Å²) >= 11 is 1.56. The maximum Gasteiger partial charge on any atom is 0.262 e. The minimum Gasteiger partial charge on any atom is -0.315 e. The second kappa shape index (κ2) is 8.99. The van der Waals surface area contributed by atoms with Crippen molar-refractivity contribution in [2.24, 2.45) is 0 Å². The van der Waals surface area contributed by atoms with Crippen molar-refractivity contribution in [3.8, 4) is 0 Å². The molecule has 1 saturated heterocycles. The summed E-state index contributed by atoms with van der Waals surface area (Å²) in [7, 11) is 0. The van der Waals surface area contributed by atoms with Gasteiger partial charge in [-0.05, 0) is 42.8 Å². The van der Waals surface area contributed by atoms with Crippen LogP contribution in [0.2, 0.25) is 0 Å². The van der Waals surface area contributed by atoms with Crippen LogP contribution in [-0.4, -0.2) is 40.6 Å². The van der Waals surface area contributed by atoms with Gasteiger partial charge in [0.1, 0.15) is 10.7 Å². The number of nitrogens with one attached hydrogen (secondary N) is 1. The molecule has 2 aromatic heterocycles. The van der Waals surface area contributed by atoms with E-state index in [1.165, 1.54) is 5.56 Å². The fourth-order valence-electron chi connectivity index (χ4n) is 4.10. The van der Waals surface area contributed by atoms with Crippen LogP contribution in [0.1, 0.15) is 37.2 Å². The van der Waals surface area contributed by atoms with Gasteiger partial charge in [0.2, 0.25) is 0 Å². The van der Waals surface area contributed by atoms with E-state index in [9.17, 15) is 4.79 Å². The van der Waals surface area contributed by atoms with E-state index in [0.717, 1.165) is 61.5 Å². The van der Waals surface area contributed by atoms with Gasteiger partial charge in [-0.2, -0.15) is 0 Å². The molecule has 6 heteroatoms. The van der Waals surface area contributed by atoms with E-state index >= 15 is 0 Å². The second-order valence-corrected chi connectivity index (χ2v) is 8.26. The normalized spacial score (nSPS) is 16.9. The minimum absolute atomic E-state index is 0.101.